The van der Waals surface area contributed by atoms with Gasteiger partial charge in [0.15, 0.2) is 0 Å². The number of fused-ring (bicyclic) bond motifs is 7. The molecule has 0 saturated heterocycles. The third-order valence-corrected chi connectivity index (χ3v) is 14.2. The van der Waals surface area contributed by atoms with Gasteiger partial charge in [-0.05, 0) is 123 Å². The van der Waals surface area contributed by atoms with Gasteiger partial charge in [0.1, 0.15) is 6.10 Å². The van der Waals surface area contributed by atoms with Crippen LogP contribution in [0, 0.1) is 62.6 Å². The molecule has 1 N–H and O–H groups in total. The topological polar surface area (TPSA) is 72.8 Å². The number of ether oxygens (including phenoxy) is 2. The first-order chi connectivity index (χ1) is 17.7. The van der Waals surface area contributed by atoms with E-state index in [2.05, 4.69) is 48.5 Å². The van der Waals surface area contributed by atoms with Crippen LogP contribution in [0.25, 0.3) is 0 Å². The molecule has 0 radical (unpaired) electrons. The van der Waals surface area contributed by atoms with Crippen LogP contribution in [0.15, 0.2) is 0 Å². The Hall–Kier alpha value is -1.26. The highest BCUT2D eigenvalue weighted by molar-refractivity contribution is 5.76. The third-order valence-electron chi connectivity index (χ3n) is 14.2. The molecule has 5 fully saturated rings. The maximum atomic E-state index is 12.9. The molecule has 5 aliphatic rings. The maximum Gasteiger partial charge on any atom is 0.508 e. The van der Waals surface area contributed by atoms with E-state index in [9.17, 15) is 14.7 Å². The summed E-state index contributed by atoms with van der Waals surface area (Å²) in [6.45, 7) is 19.2. The fourth-order valence-electron chi connectivity index (χ4n) is 12.2. The van der Waals surface area contributed by atoms with E-state index in [4.69, 9.17) is 9.47 Å². The Bertz CT molecular complexity index is 957. The second kappa shape index (κ2) is 9.13. The van der Waals surface area contributed by atoms with Gasteiger partial charge in [-0.1, -0.05) is 48.5 Å². The number of rotatable bonds is 4. The first-order valence-electron chi connectivity index (χ1n) is 15.8. The van der Waals surface area contributed by atoms with Gasteiger partial charge in [-0.15, -0.1) is 0 Å². The molecule has 4 unspecified atom stereocenters. The summed E-state index contributed by atoms with van der Waals surface area (Å²) in [6, 6.07) is 0. The lowest BCUT2D eigenvalue weighted by molar-refractivity contribution is -0.250. The van der Waals surface area contributed by atoms with E-state index < -0.39 is 17.5 Å². The summed E-state index contributed by atoms with van der Waals surface area (Å²) >= 11 is 0. The summed E-state index contributed by atoms with van der Waals surface area (Å²) in [4.78, 5) is 25.2. The van der Waals surface area contributed by atoms with E-state index >= 15 is 0 Å². The molecule has 5 aliphatic carbocycles. The zero-order valence-corrected chi connectivity index (χ0v) is 25.4. The van der Waals surface area contributed by atoms with Gasteiger partial charge < -0.3 is 14.6 Å². The molecule has 0 amide bonds. The summed E-state index contributed by atoms with van der Waals surface area (Å²) in [5.74, 6) is 2.48. The van der Waals surface area contributed by atoms with Crippen molar-refractivity contribution in [2.45, 2.75) is 126 Å². The van der Waals surface area contributed by atoms with Crippen molar-refractivity contribution in [1.82, 2.24) is 0 Å². The van der Waals surface area contributed by atoms with Gasteiger partial charge in [-0.25, -0.2) is 4.79 Å². The monoisotopic (exact) mass is 530 g/mol. The Morgan fingerprint density at radius 3 is 2.18 bits per heavy atom. The summed E-state index contributed by atoms with van der Waals surface area (Å²) < 4.78 is 11.1. The number of carbonyl (C=O) groups excluding carboxylic acids is 1. The minimum absolute atomic E-state index is 0.0991. The van der Waals surface area contributed by atoms with E-state index in [0.29, 0.717) is 42.1 Å². The molecule has 5 rings (SSSR count). The molecular formula is C33H54O5. The lowest BCUT2D eigenvalue weighted by Crippen LogP contribution is -2.67. The predicted octanol–water partition coefficient (Wildman–Crippen LogP) is 8.35. The van der Waals surface area contributed by atoms with E-state index in [1.165, 1.54) is 19.3 Å². The Morgan fingerprint density at radius 2 is 1.55 bits per heavy atom. The van der Waals surface area contributed by atoms with Crippen molar-refractivity contribution < 1.29 is 24.2 Å². The smallest absolute Gasteiger partial charge is 0.481 e. The lowest BCUT2D eigenvalue weighted by Gasteiger charge is -2.72. The van der Waals surface area contributed by atoms with Crippen molar-refractivity contribution in [1.29, 1.82) is 0 Å². The molecule has 38 heavy (non-hydrogen) atoms. The SMILES string of the molecule is CCOC(=O)O[C@@H]1CC[C@@]2(C)C(CC[C@]3(C)C2CCC2C4[C@H](C(C)C)CC[C@]4(C(=O)O)CC[C@]23C)C1(C)C. The summed E-state index contributed by atoms with van der Waals surface area (Å²) in [5, 5.41) is 10.6. The van der Waals surface area contributed by atoms with Crippen LogP contribution < -0.4 is 0 Å². The molecule has 0 bridgehead atoms. The number of carboxylic acid groups (broad SMARTS) is 1. The summed E-state index contributed by atoms with van der Waals surface area (Å²) in [5.41, 5.74) is -0.0201. The summed E-state index contributed by atoms with van der Waals surface area (Å²) in [7, 11) is 0. The van der Waals surface area contributed by atoms with Gasteiger partial charge in [-0.2, -0.15) is 0 Å². The Balaban J connectivity index is 1.47. The van der Waals surface area contributed by atoms with Crippen LogP contribution in [0.2, 0.25) is 0 Å². The van der Waals surface area contributed by atoms with E-state index in [-0.39, 0.29) is 27.8 Å². The minimum Gasteiger partial charge on any atom is -0.481 e. The molecule has 0 aliphatic heterocycles. The van der Waals surface area contributed by atoms with Crippen LogP contribution in [0.1, 0.15) is 120 Å². The largest absolute Gasteiger partial charge is 0.508 e. The zero-order valence-electron chi connectivity index (χ0n) is 25.4. The van der Waals surface area contributed by atoms with Gasteiger partial charge in [0.05, 0.1) is 12.0 Å². The number of aliphatic carboxylic acids is 1. The van der Waals surface area contributed by atoms with E-state index in [1.807, 2.05) is 6.92 Å². The first-order valence-corrected chi connectivity index (χ1v) is 15.8. The molecule has 0 aromatic heterocycles. The molecule has 5 saturated carbocycles. The van der Waals surface area contributed by atoms with Gasteiger partial charge in [0.25, 0.3) is 0 Å². The molecule has 0 heterocycles. The highest BCUT2D eigenvalue weighted by atomic mass is 16.7. The average Bonchev–Trinajstić information content (AvgIpc) is 3.23. The van der Waals surface area contributed by atoms with Crippen molar-refractivity contribution in [2.24, 2.45) is 62.6 Å². The number of hydrogen-bond acceptors (Lipinski definition) is 4. The molecule has 216 valence electrons. The van der Waals surface area contributed by atoms with Crippen LogP contribution in [-0.4, -0.2) is 29.9 Å². The number of carbonyl (C=O) groups is 2. The molecule has 0 aromatic carbocycles. The fourth-order valence-corrected chi connectivity index (χ4v) is 12.2. The predicted molar refractivity (Wildman–Crippen MR) is 149 cm³/mol. The highest BCUT2D eigenvalue weighted by Crippen LogP contribution is 2.77. The number of carboxylic acids is 1. The van der Waals surface area contributed by atoms with Crippen molar-refractivity contribution in [3.05, 3.63) is 0 Å². The zero-order chi connectivity index (χ0) is 27.9. The number of hydrogen-bond donors (Lipinski definition) is 1. The molecule has 0 aromatic rings. The van der Waals surface area contributed by atoms with Crippen molar-refractivity contribution in [3.8, 4) is 0 Å². The van der Waals surface area contributed by atoms with Crippen LogP contribution >= 0.6 is 0 Å². The molecule has 5 heteroatoms. The fraction of sp³-hybridized carbons (Fsp3) is 0.939. The van der Waals surface area contributed by atoms with Gasteiger partial charge in [0.2, 0.25) is 0 Å². The van der Waals surface area contributed by atoms with Crippen LogP contribution in [0.3, 0.4) is 0 Å². The Labute approximate surface area is 231 Å². The van der Waals surface area contributed by atoms with Crippen LogP contribution in [0.4, 0.5) is 4.79 Å². The Kier molecular flexibility index (Phi) is 6.79. The first kappa shape index (κ1) is 28.3. The molecule has 10 atom stereocenters. The highest BCUT2D eigenvalue weighted by Gasteiger charge is 2.72. The van der Waals surface area contributed by atoms with E-state index in [1.54, 1.807) is 0 Å². The second-order valence-electron chi connectivity index (χ2n) is 15.8. The standard InChI is InChI=1S/C33H54O5/c1-9-37-28(36)38-25-14-15-30(6)23(29(25,4)5)13-16-32(8)24(30)11-10-22-26-21(20(2)3)12-17-33(26,27(34)35)19-18-31(22,32)7/h20-26H,9-19H2,1-8H3,(H,34,35)/t21-,22?,23?,24?,25+,26?,30-,31+,32+,33-/m0/s1. The van der Waals surface area contributed by atoms with Crippen LogP contribution in [-0.2, 0) is 14.3 Å². The van der Waals surface area contributed by atoms with Crippen molar-refractivity contribution >= 4 is 12.1 Å². The molecular weight excluding hydrogens is 476 g/mol. The van der Waals surface area contributed by atoms with Gasteiger partial charge >= 0.3 is 12.1 Å². The lowest BCUT2D eigenvalue weighted by atomic mass is 9.32. The van der Waals surface area contributed by atoms with Gasteiger partial charge in [-0.3, -0.25) is 4.79 Å². The normalized spacial score (nSPS) is 49.3. The van der Waals surface area contributed by atoms with E-state index in [0.717, 1.165) is 44.9 Å². The Morgan fingerprint density at radius 1 is 0.842 bits per heavy atom. The van der Waals surface area contributed by atoms with Crippen molar-refractivity contribution in [3.63, 3.8) is 0 Å². The maximum absolute atomic E-state index is 12.9. The van der Waals surface area contributed by atoms with Gasteiger partial charge in [0, 0.05) is 5.41 Å². The van der Waals surface area contributed by atoms with Crippen molar-refractivity contribution in [2.75, 3.05) is 6.61 Å². The molecule has 0 spiro atoms. The minimum atomic E-state index is -0.525. The second-order valence-corrected chi connectivity index (χ2v) is 15.8. The quantitative estimate of drug-likeness (QED) is 0.370. The summed E-state index contributed by atoms with van der Waals surface area (Å²) in [6.07, 6.45) is 9.94. The van der Waals surface area contributed by atoms with Crippen LogP contribution in [0.5, 0.6) is 0 Å². The average molecular weight is 531 g/mol. The molecule has 5 nitrogen and oxygen atoms in total. The third kappa shape index (κ3) is 3.60.